The number of nitrogens with zero attached hydrogens (tertiary/aromatic N) is 3. The maximum absolute atomic E-state index is 12.2. The minimum atomic E-state index is -0.630. The van der Waals surface area contributed by atoms with Gasteiger partial charge in [0.2, 0.25) is 11.8 Å². The van der Waals surface area contributed by atoms with Crippen molar-refractivity contribution in [2.75, 3.05) is 13.1 Å². The number of Topliss-reactive ketones (excluding diaryl/α,β-unsaturated/α-hetero) is 1. The summed E-state index contributed by atoms with van der Waals surface area (Å²) in [6, 6.07) is 5.23. The van der Waals surface area contributed by atoms with E-state index in [2.05, 4.69) is 16.8 Å². The molecule has 2 aromatic rings. The number of hydrogen-bond acceptors (Lipinski definition) is 7. The number of piperidine rings is 1. The van der Waals surface area contributed by atoms with Gasteiger partial charge in [0.15, 0.2) is 0 Å². The van der Waals surface area contributed by atoms with E-state index in [9.17, 15) is 14.4 Å². The Hall–Kier alpha value is -4.11. The fraction of sp³-hybridized carbons (Fsp3) is 0.444. The number of ether oxygens (including phenoxy) is 2. The van der Waals surface area contributed by atoms with Gasteiger partial charge in [0.1, 0.15) is 24.1 Å². The zero-order valence-electron chi connectivity index (χ0n) is 20.4. The Morgan fingerprint density at radius 3 is 2.72 bits per heavy atom. The maximum Gasteiger partial charge on any atom is 0.252 e. The minimum absolute atomic E-state index is 0.0156. The molecule has 1 aliphatic carbocycles. The maximum atomic E-state index is 12.2. The number of carbonyl (C=O) groups is 3. The second kappa shape index (κ2) is 10.7. The third kappa shape index (κ3) is 5.58. The predicted molar refractivity (Wildman–Crippen MR) is 131 cm³/mol. The molecule has 0 spiro atoms. The summed E-state index contributed by atoms with van der Waals surface area (Å²) in [4.78, 5) is 41.9. The SMILES string of the molecule is CC(C)Oc1cc2c(O[C@@H]3CCCN(C(=O)CC#N)C3)ncc(C#CC3CC(=O)C3)c2cc1C(N)=O. The number of carbonyl (C=O) groups excluding carboxylic acids is 3. The number of primary amides is 1. The molecule has 1 aliphatic heterocycles. The standard InChI is InChI=1S/C27H28N4O5/c1-16(2)35-24-13-22-21(12-23(24)26(29)34)18(6-5-17-10-19(32)11-17)14-30-27(22)36-20-4-3-9-31(15-20)25(33)7-8-28/h12-14,16-17,20H,3-4,7,9-11,15H2,1-2H3,(H2,29,34)/t20-/m1/s1. The van der Waals surface area contributed by atoms with Crippen LogP contribution in [0.3, 0.4) is 0 Å². The Labute approximate surface area is 209 Å². The number of ketones is 1. The number of hydrogen-bond donors (Lipinski definition) is 1. The number of rotatable bonds is 6. The van der Waals surface area contributed by atoms with Gasteiger partial charge in [-0.1, -0.05) is 11.8 Å². The van der Waals surface area contributed by atoms with Gasteiger partial charge in [0.05, 0.1) is 29.8 Å². The molecular formula is C27H28N4O5. The summed E-state index contributed by atoms with van der Waals surface area (Å²) >= 11 is 0. The monoisotopic (exact) mass is 488 g/mol. The van der Waals surface area contributed by atoms with E-state index in [-0.39, 0.29) is 41.8 Å². The van der Waals surface area contributed by atoms with Gasteiger partial charge in [-0.25, -0.2) is 4.98 Å². The van der Waals surface area contributed by atoms with Gasteiger partial charge in [-0.05, 0) is 38.8 Å². The second-order valence-electron chi connectivity index (χ2n) is 9.37. The van der Waals surface area contributed by atoms with Crippen LogP contribution in [-0.2, 0) is 9.59 Å². The first kappa shape index (κ1) is 25.0. The summed E-state index contributed by atoms with van der Waals surface area (Å²) < 4.78 is 12.1. The van der Waals surface area contributed by atoms with Crippen LogP contribution in [0.2, 0.25) is 0 Å². The average molecular weight is 489 g/mol. The van der Waals surface area contributed by atoms with Gasteiger partial charge in [0.25, 0.3) is 5.91 Å². The molecule has 2 N–H and O–H groups in total. The molecule has 0 bridgehead atoms. The molecule has 1 aromatic carbocycles. The summed E-state index contributed by atoms with van der Waals surface area (Å²) in [7, 11) is 0. The Kier molecular flexibility index (Phi) is 7.40. The Bertz CT molecular complexity index is 1310. The lowest BCUT2D eigenvalue weighted by molar-refractivity contribution is -0.132. The molecule has 9 heteroatoms. The van der Waals surface area contributed by atoms with E-state index in [1.54, 1.807) is 23.2 Å². The fourth-order valence-corrected chi connectivity index (χ4v) is 4.35. The molecule has 0 unspecified atom stereocenters. The van der Waals surface area contributed by atoms with Gasteiger partial charge < -0.3 is 20.1 Å². The van der Waals surface area contributed by atoms with Crippen LogP contribution in [0.25, 0.3) is 10.8 Å². The van der Waals surface area contributed by atoms with Crippen molar-refractivity contribution in [3.63, 3.8) is 0 Å². The van der Waals surface area contributed by atoms with E-state index in [1.165, 1.54) is 0 Å². The topological polar surface area (TPSA) is 136 Å². The second-order valence-corrected chi connectivity index (χ2v) is 9.37. The average Bonchev–Trinajstić information content (AvgIpc) is 2.81. The van der Waals surface area contributed by atoms with E-state index in [0.29, 0.717) is 53.9 Å². The van der Waals surface area contributed by atoms with Gasteiger partial charge in [-0.3, -0.25) is 14.4 Å². The van der Waals surface area contributed by atoms with Crippen molar-refractivity contribution in [2.24, 2.45) is 11.7 Å². The Morgan fingerprint density at radius 1 is 1.28 bits per heavy atom. The quantitative estimate of drug-likeness (QED) is 0.618. The van der Waals surface area contributed by atoms with Gasteiger partial charge in [0, 0.05) is 42.3 Å². The highest BCUT2D eigenvalue weighted by Gasteiger charge is 2.27. The molecule has 1 aromatic heterocycles. The normalized spacial score (nSPS) is 17.7. The van der Waals surface area contributed by atoms with Crippen LogP contribution >= 0.6 is 0 Å². The molecule has 0 radical (unpaired) electrons. The first-order valence-corrected chi connectivity index (χ1v) is 12.0. The zero-order valence-corrected chi connectivity index (χ0v) is 20.4. The van der Waals surface area contributed by atoms with Crippen molar-refractivity contribution in [3.05, 3.63) is 29.5 Å². The molecule has 1 saturated heterocycles. The lowest BCUT2D eigenvalue weighted by atomic mass is 9.84. The van der Waals surface area contributed by atoms with Crippen molar-refractivity contribution >= 4 is 28.4 Å². The Balaban J connectivity index is 1.73. The first-order chi connectivity index (χ1) is 17.2. The van der Waals surface area contributed by atoms with Crippen LogP contribution in [0.1, 0.15) is 61.9 Å². The summed E-state index contributed by atoms with van der Waals surface area (Å²) in [5.41, 5.74) is 6.47. The molecule has 1 atom stereocenters. The number of pyridine rings is 1. The van der Waals surface area contributed by atoms with E-state index in [1.807, 2.05) is 19.9 Å². The predicted octanol–water partition coefficient (Wildman–Crippen LogP) is 2.73. The van der Waals surface area contributed by atoms with E-state index in [0.717, 1.165) is 12.8 Å². The highest BCUT2D eigenvalue weighted by Crippen LogP contribution is 2.34. The number of nitriles is 1. The molecule has 186 valence electrons. The molecule has 2 fully saturated rings. The van der Waals surface area contributed by atoms with Crippen LogP contribution in [0.4, 0.5) is 0 Å². The van der Waals surface area contributed by atoms with E-state index in [4.69, 9.17) is 20.5 Å². The molecule has 2 amide bonds. The summed E-state index contributed by atoms with van der Waals surface area (Å²) in [5.74, 6) is 6.24. The third-order valence-corrected chi connectivity index (χ3v) is 6.18. The summed E-state index contributed by atoms with van der Waals surface area (Å²) in [6.45, 7) is 4.64. The van der Waals surface area contributed by atoms with Crippen LogP contribution in [-0.4, -0.2) is 52.8 Å². The van der Waals surface area contributed by atoms with E-state index < -0.39 is 5.91 Å². The number of nitrogens with two attached hydrogens (primary N) is 1. The van der Waals surface area contributed by atoms with Crippen LogP contribution in [0.15, 0.2) is 18.3 Å². The zero-order chi connectivity index (χ0) is 25.8. The largest absolute Gasteiger partial charge is 0.490 e. The number of likely N-dealkylation sites (tertiary alicyclic amines) is 1. The van der Waals surface area contributed by atoms with Gasteiger partial charge in [-0.15, -0.1) is 0 Å². The molecule has 9 nitrogen and oxygen atoms in total. The van der Waals surface area contributed by atoms with E-state index >= 15 is 0 Å². The number of amides is 2. The molecule has 36 heavy (non-hydrogen) atoms. The Morgan fingerprint density at radius 2 is 2.06 bits per heavy atom. The lowest BCUT2D eigenvalue weighted by Crippen LogP contribution is -2.44. The smallest absolute Gasteiger partial charge is 0.252 e. The first-order valence-electron chi connectivity index (χ1n) is 12.0. The van der Waals surface area contributed by atoms with Crippen LogP contribution < -0.4 is 15.2 Å². The molecule has 2 aliphatic rings. The van der Waals surface area contributed by atoms with Crippen molar-refractivity contribution in [1.29, 1.82) is 5.26 Å². The highest BCUT2D eigenvalue weighted by atomic mass is 16.5. The molecule has 1 saturated carbocycles. The van der Waals surface area contributed by atoms with Gasteiger partial charge in [-0.2, -0.15) is 5.26 Å². The van der Waals surface area contributed by atoms with Crippen LogP contribution in [0.5, 0.6) is 11.6 Å². The number of aromatic nitrogens is 1. The van der Waals surface area contributed by atoms with Crippen molar-refractivity contribution in [3.8, 4) is 29.5 Å². The highest BCUT2D eigenvalue weighted by molar-refractivity contribution is 6.03. The van der Waals surface area contributed by atoms with Gasteiger partial charge >= 0.3 is 0 Å². The molecule has 4 rings (SSSR count). The molecule has 2 heterocycles. The number of fused-ring (bicyclic) bond motifs is 1. The van der Waals surface area contributed by atoms with Crippen molar-refractivity contribution < 1.29 is 23.9 Å². The third-order valence-electron chi connectivity index (χ3n) is 6.18. The summed E-state index contributed by atoms with van der Waals surface area (Å²) in [5, 5.41) is 10.1. The fourth-order valence-electron chi connectivity index (χ4n) is 4.35. The molecular weight excluding hydrogens is 460 g/mol. The lowest BCUT2D eigenvalue weighted by Gasteiger charge is -2.32. The van der Waals surface area contributed by atoms with Crippen molar-refractivity contribution in [2.45, 2.75) is 58.2 Å². The number of benzene rings is 1. The van der Waals surface area contributed by atoms with Crippen molar-refractivity contribution in [1.82, 2.24) is 9.88 Å². The van der Waals surface area contributed by atoms with Crippen LogP contribution in [0, 0.1) is 29.1 Å². The minimum Gasteiger partial charge on any atom is -0.490 e. The summed E-state index contributed by atoms with van der Waals surface area (Å²) in [6.07, 6.45) is 3.28.